The Morgan fingerprint density at radius 2 is 1.64 bits per heavy atom. The quantitative estimate of drug-likeness (QED) is 0.670. The number of hydrogen-bond donors (Lipinski definition) is 1. The number of aliphatic hydroxyl groups excluding tert-OH is 1. The minimum Gasteiger partial charge on any atom is -0.493 e. The molecular formula is C23H33NO4. The number of ether oxygens (including phenoxy) is 3. The van der Waals surface area contributed by atoms with Crippen LogP contribution in [0.5, 0.6) is 11.5 Å². The van der Waals surface area contributed by atoms with E-state index in [1.54, 1.807) is 14.2 Å². The van der Waals surface area contributed by atoms with Crippen LogP contribution in [0.15, 0.2) is 48.5 Å². The van der Waals surface area contributed by atoms with Crippen molar-refractivity contribution in [1.82, 2.24) is 4.90 Å². The van der Waals surface area contributed by atoms with Crippen LogP contribution in [0.4, 0.5) is 0 Å². The van der Waals surface area contributed by atoms with Crippen molar-refractivity contribution in [3.05, 3.63) is 59.7 Å². The normalized spacial score (nSPS) is 12.8. The fourth-order valence-electron chi connectivity index (χ4n) is 3.04. The van der Waals surface area contributed by atoms with E-state index in [2.05, 4.69) is 17.0 Å². The van der Waals surface area contributed by atoms with Crippen molar-refractivity contribution in [1.29, 1.82) is 0 Å². The number of para-hydroxylation sites is 1. The van der Waals surface area contributed by atoms with Gasteiger partial charge in [-0.1, -0.05) is 42.5 Å². The summed E-state index contributed by atoms with van der Waals surface area (Å²) in [7, 11) is 3.28. The summed E-state index contributed by atoms with van der Waals surface area (Å²) in [6, 6.07) is 16.1. The Kier molecular flexibility index (Phi) is 8.30. The molecule has 5 nitrogen and oxygen atoms in total. The maximum atomic E-state index is 10.5. The fraction of sp³-hybridized carbons (Fsp3) is 0.478. The first-order valence-corrected chi connectivity index (χ1v) is 9.60. The molecule has 0 aliphatic rings. The van der Waals surface area contributed by atoms with Crippen molar-refractivity contribution in [3.8, 4) is 11.5 Å². The van der Waals surface area contributed by atoms with Gasteiger partial charge in [0.15, 0.2) is 11.5 Å². The number of rotatable bonds is 10. The van der Waals surface area contributed by atoms with Crippen LogP contribution in [0, 0.1) is 0 Å². The molecule has 0 aromatic heterocycles. The van der Waals surface area contributed by atoms with Crippen molar-refractivity contribution in [2.45, 2.75) is 45.6 Å². The van der Waals surface area contributed by atoms with Gasteiger partial charge in [0.05, 0.1) is 32.5 Å². The van der Waals surface area contributed by atoms with E-state index in [0.717, 1.165) is 11.3 Å². The lowest BCUT2D eigenvalue weighted by Crippen LogP contribution is -2.36. The highest BCUT2D eigenvalue weighted by molar-refractivity contribution is 5.46. The summed E-state index contributed by atoms with van der Waals surface area (Å²) in [5, 5.41) is 10.5. The number of aliphatic hydroxyl groups is 1. The Hall–Kier alpha value is -2.08. The maximum Gasteiger partial charge on any atom is 0.165 e. The zero-order valence-electron chi connectivity index (χ0n) is 17.6. The van der Waals surface area contributed by atoms with Gasteiger partial charge < -0.3 is 19.3 Å². The summed E-state index contributed by atoms with van der Waals surface area (Å²) in [6.07, 6.45) is -0.584. The Morgan fingerprint density at radius 1 is 0.929 bits per heavy atom. The standard InChI is InChI=1S/C23H33NO4/c1-23(2,3)28-17-20(25)16-24(14-18-10-7-6-8-11-18)15-19-12-9-13-21(26-4)22(19)27-5/h6-13,20,25H,14-17H2,1-5H3/t20-/m1/s1. The van der Waals surface area contributed by atoms with E-state index < -0.39 is 6.10 Å². The fourth-order valence-corrected chi connectivity index (χ4v) is 3.04. The van der Waals surface area contributed by atoms with Gasteiger partial charge in [0.25, 0.3) is 0 Å². The Bertz CT molecular complexity index is 712. The zero-order chi connectivity index (χ0) is 20.6. The minimum absolute atomic E-state index is 0.277. The average molecular weight is 388 g/mol. The molecule has 28 heavy (non-hydrogen) atoms. The van der Waals surface area contributed by atoms with Crippen LogP contribution < -0.4 is 9.47 Å². The minimum atomic E-state index is -0.584. The number of benzene rings is 2. The molecule has 0 amide bonds. The van der Waals surface area contributed by atoms with Crippen molar-refractivity contribution >= 4 is 0 Å². The van der Waals surface area contributed by atoms with Gasteiger partial charge in [-0.25, -0.2) is 0 Å². The van der Waals surface area contributed by atoms with Crippen molar-refractivity contribution in [2.75, 3.05) is 27.4 Å². The molecule has 1 N–H and O–H groups in total. The molecule has 0 unspecified atom stereocenters. The molecule has 154 valence electrons. The summed E-state index contributed by atoms with van der Waals surface area (Å²) >= 11 is 0. The zero-order valence-corrected chi connectivity index (χ0v) is 17.6. The molecule has 2 aromatic carbocycles. The third-order valence-corrected chi connectivity index (χ3v) is 4.31. The Labute approximate surface area is 168 Å². The molecule has 0 spiro atoms. The predicted octanol–water partition coefficient (Wildman–Crippen LogP) is 3.88. The van der Waals surface area contributed by atoms with Crippen LogP contribution in [0.2, 0.25) is 0 Å². The molecule has 0 aliphatic heterocycles. The van der Waals surface area contributed by atoms with Gasteiger partial charge in [0, 0.05) is 25.2 Å². The van der Waals surface area contributed by atoms with E-state index in [-0.39, 0.29) is 5.60 Å². The molecule has 0 saturated carbocycles. The molecule has 2 rings (SSSR count). The van der Waals surface area contributed by atoms with Gasteiger partial charge in [-0.05, 0) is 32.4 Å². The van der Waals surface area contributed by atoms with Crippen molar-refractivity contribution in [3.63, 3.8) is 0 Å². The molecule has 0 saturated heterocycles. The molecule has 0 heterocycles. The van der Waals surface area contributed by atoms with Gasteiger partial charge in [0.1, 0.15) is 0 Å². The van der Waals surface area contributed by atoms with Gasteiger partial charge in [-0.2, -0.15) is 0 Å². The first-order chi connectivity index (χ1) is 13.3. The van der Waals surface area contributed by atoms with E-state index >= 15 is 0 Å². The van der Waals surface area contributed by atoms with Crippen molar-refractivity contribution in [2.24, 2.45) is 0 Å². The summed E-state index contributed by atoms with van der Waals surface area (Å²) in [4.78, 5) is 2.20. The number of hydrogen-bond acceptors (Lipinski definition) is 5. The van der Waals surface area contributed by atoms with Gasteiger partial charge in [0.2, 0.25) is 0 Å². The van der Waals surface area contributed by atoms with E-state index in [1.807, 2.05) is 57.2 Å². The van der Waals surface area contributed by atoms with Crippen LogP contribution in [-0.2, 0) is 17.8 Å². The van der Waals surface area contributed by atoms with Gasteiger partial charge >= 0.3 is 0 Å². The topological polar surface area (TPSA) is 51.2 Å². The lowest BCUT2D eigenvalue weighted by Gasteiger charge is -2.28. The molecule has 1 atom stereocenters. The lowest BCUT2D eigenvalue weighted by molar-refractivity contribution is -0.0573. The third-order valence-electron chi connectivity index (χ3n) is 4.31. The summed E-state index contributed by atoms with van der Waals surface area (Å²) in [5.41, 5.74) is 1.93. The number of methoxy groups -OCH3 is 2. The maximum absolute atomic E-state index is 10.5. The summed E-state index contributed by atoms with van der Waals surface area (Å²) in [5.74, 6) is 1.43. The highest BCUT2D eigenvalue weighted by atomic mass is 16.5. The molecular weight excluding hydrogens is 354 g/mol. The van der Waals surface area contributed by atoms with Gasteiger partial charge in [-0.15, -0.1) is 0 Å². The molecule has 0 aliphatic carbocycles. The Morgan fingerprint density at radius 3 is 2.25 bits per heavy atom. The van der Waals surface area contributed by atoms with E-state index in [1.165, 1.54) is 5.56 Å². The Balaban J connectivity index is 2.16. The largest absolute Gasteiger partial charge is 0.493 e. The van der Waals surface area contributed by atoms with Crippen LogP contribution in [0.3, 0.4) is 0 Å². The molecule has 0 bridgehead atoms. The monoisotopic (exact) mass is 387 g/mol. The van der Waals surface area contributed by atoms with E-state index in [9.17, 15) is 5.11 Å². The molecule has 0 fully saturated rings. The second-order valence-electron chi connectivity index (χ2n) is 7.89. The van der Waals surface area contributed by atoms with E-state index in [4.69, 9.17) is 14.2 Å². The van der Waals surface area contributed by atoms with E-state index in [0.29, 0.717) is 32.0 Å². The summed E-state index contributed by atoms with van der Waals surface area (Å²) in [6.45, 7) is 8.10. The molecule has 0 radical (unpaired) electrons. The first kappa shape index (κ1) is 22.2. The second-order valence-corrected chi connectivity index (χ2v) is 7.89. The lowest BCUT2D eigenvalue weighted by atomic mass is 10.1. The van der Waals surface area contributed by atoms with Gasteiger partial charge in [-0.3, -0.25) is 4.90 Å². The number of nitrogens with zero attached hydrogens (tertiary/aromatic N) is 1. The predicted molar refractivity (Wildman–Crippen MR) is 112 cm³/mol. The molecule has 5 heteroatoms. The SMILES string of the molecule is COc1cccc(CN(Cc2ccccc2)C[C@@H](O)COC(C)(C)C)c1OC. The van der Waals surface area contributed by atoms with Crippen LogP contribution in [0.25, 0.3) is 0 Å². The average Bonchev–Trinajstić information content (AvgIpc) is 2.66. The van der Waals surface area contributed by atoms with Crippen LogP contribution in [-0.4, -0.2) is 49.1 Å². The highest BCUT2D eigenvalue weighted by Gasteiger charge is 2.19. The molecule has 2 aromatic rings. The second kappa shape index (κ2) is 10.5. The van der Waals surface area contributed by atoms with Crippen molar-refractivity contribution < 1.29 is 19.3 Å². The smallest absolute Gasteiger partial charge is 0.165 e. The third kappa shape index (κ3) is 7.15. The summed E-state index contributed by atoms with van der Waals surface area (Å²) < 4.78 is 16.8. The first-order valence-electron chi connectivity index (χ1n) is 9.60. The highest BCUT2D eigenvalue weighted by Crippen LogP contribution is 2.31. The van der Waals surface area contributed by atoms with Crippen LogP contribution >= 0.6 is 0 Å². The van der Waals surface area contributed by atoms with Crippen LogP contribution in [0.1, 0.15) is 31.9 Å².